The van der Waals surface area contributed by atoms with Gasteiger partial charge in [0.05, 0.1) is 13.7 Å². The van der Waals surface area contributed by atoms with Crippen LogP contribution in [0, 0.1) is 0 Å². The molecule has 158 valence electrons. The predicted molar refractivity (Wildman–Crippen MR) is 112 cm³/mol. The van der Waals surface area contributed by atoms with Gasteiger partial charge in [-0.3, -0.25) is 19.3 Å². The Hall–Kier alpha value is -3.13. The van der Waals surface area contributed by atoms with Gasteiger partial charge in [0.1, 0.15) is 11.7 Å². The fraction of sp³-hybridized carbons (Fsp3) is 0.409. The molecule has 0 saturated carbocycles. The standard InChI is InChI=1S/C22H26N4O4/c1-14-9-10-24(2)17-13-25-12-16(21(28)23-11-15-7-5-4-6-8-15)19(27)20(30-3)18(25)22(29)26(14)17/h4-8,12,14,17H,9-11,13H2,1-3H3,(H,23,28)/t14-,17-/m1/s1. The molecule has 2 aliphatic rings. The first-order valence-electron chi connectivity index (χ1n) is 10.1. The summed E-state index contributed by atoms with van der Waals surface area (Å²) in [7, 11) is 3.34. The van der Waals surface area contributed by atoms with Crippen LogP contribution in [0.25, 0.3) is 0 Å². The summed E-state index contributed by atoms with van der Waals surface area (Å²) in [6, 6.07) is 9.53. The number of nitrogens with zero attached hydrogens (tertiary/aromatic N) is 3. The normalized spacial score (nSPS) is 21.0. The maximum atomic E-state index is 13.3. The molecule has 2 amide bonds. The van der Waals surface area contributed by atoms with E-state index in [4.69, 9.17) is 4.74 Å². The zero-order chi connectivity index (χ0) is 21.4. The molecule has 30 heavy (non-hydrogen) atoms. The number of ether oxygens (including phenoxy) is 1. The highest BCUT2D eigenvalue weighted by molar-refractivity contribution is 5.99. The van der Waals surface area contributed by atoms with Crippen LogP contribution in [0.3, 0.4) is 0 Å². The fourth-order valence-electron chi connectivity index (χ4n) is 4.27. The second-order valence-corrected chi connectivity index (χ2v) is 7.89. The summed E-state index contributed by atoms with van der Waals surface area (Å²) >= 11 is 0. The number of rotatable bonds is 4. The molecule has 0 bridgehead atoms. The van der Waals surface area contributed by atoms with Crippen molar-refractivity contribution in [2.24, 2.45) is 0 Å². The zero-order valence-corrected chi connectivity index (χ0v) is 17.4. The lowest BCUT2D eigenvalue weighted by Gasteiger charge is -2.49. The molecule has 1 aromatic heterocycles. The number of pyridine rings is 1. The van der Waals surface area contributed by atoms with E-state index in [-0.39, 0.29) is 35.1 Å². The Labute approximate surface area is 175 Å². The van der Waals surface area contributed by atoms with Crippen molar-refractivity contribution in [2.45, 2.75) is 38.6 Å². The summed E-state index contributed by atoms with van der Waals surface area (Å²) in [6.45, 7) is 3.67. The first kappa shape index (κ1) is 20.2. The summed E-state index contributed by atoms with van der Waals surface area (Å²) in [5, 5.41) is 2.78. The number of carbonyl (C=O) groups excluding carboxylic acids is 2. The maximum Gasteiger partial charge on any atom is 0.276 e. The van der Waals surface area contributed by atoms with Gasteiger partial charge in [-0.05, 0) is 26.0 Å². The topological polar surface area (TPSA) is 83.9 Å². The van der Waals surface area contributed by atoms with Crippen LogP contribution < -0.4 is 15.5 Å². The Morgan fingerprint density at radius 2 is 1.97 bits per heavy atom. The van der Waals surface area contributed by atoms with E-state index in [1.165, 1.54) is 13.3 Å². The predicted octanol–water partition coefficient (Wildman–Crippen LogP) is 1.29. The third kappa shape index (κ3) is 3.37. The van der Waals surface area contributed by atoms with Crippen LogP contribution in [0.1, 0.15) is 39.8 Å². The second-order valence-electron chi connectivity index (χ2n) is 7.89. The number of hydrogen-bond donors (Lipinski definition) is 1. The van der Waals surface area contributed by atoms with E-state index in [2.05, 4.69) is 10.2 Å². The highest BCUT2D eigenvalue weighted by Crippen LogP contribution is 2.30. The number of fused-ring (bicyclic) bond motifs is 2. The molecule has 8 nitrogen and oxygen atoms in total. The molecule has 0 aliphatic carbocycles. The van der Waals surface area contributed by atoms with Gasteiger partial charge in [0.25, 0.3) is 11.8 Å². The van der Waals surface area contributed by atoms with Crippen molar-refractivity contribution in [3.05, 3.63) is 63.6 Å². The summed E-state index contributed by atoms with van der Waals surface area (Å²) in [4.78, 5) is 43.0. The van der Waals surface area contributed by atoms with Gasteiger partial charge < -0.3 is 19.5 Å². The Morgan fingerprint density at radius 1 is 1.23 bits per heavy atom. The number of methoxy groups -OCH3 is 1. The van der Waals surface area contributed by atoms with E-state index < -0.39 is 11.3 Å². The maximum absolute atomic E-state index is 13.3. The minimum Gasteiger partial charge on any atom is -0.491 e. The molecule has 8 heteroatoms. The van der Waals surface area contributed by atoms with E-state index in [1.807, 2.05) is 49.2 Å². The molecule has 1 N–H and O–H groups in total. The minimum atomic E-state index is -0.570. The number of aromatic nitrogens is 1. The van der Waals surface area contributed by atoms with Crippen molar-refractivity contribution in [3.63, 3.8) is 0 Å². The van der Waals surface area contributed by atoms with Crippen molar-refractivity contribution in [2.75, 3.05) is 20.7 Å². The van der Waals surface area contributed by atoms with Gasteiger partial charge in [-0.25, -0.2) is 0 Å². The monoisotopic (exact) mass is 410 g/mol. The summed E-state index contributed by atoms with van der Waals surface area (Å²) < 4.78 is 7.02. The van der Waals surface area contributed by atoms with Crippen molar-refractivity contribution < 1.29 is 14.3 Å². The molecular weight excluding hydrogens is 384 g/mol. The van der Waals surface area contributed by atoms with Crippen molar-refractivity contribution in [1.29, 1.82) is 0 Å². The second kappa shape index (κ2) is 7.95. The van der Waals surface area contributed by atoms with Gasteiger partial charge >= 0.3 is 0 Å². The van der Waals surface area contributed by atoms with Crippen LogP contribution in [0.4, 0.5) is 0 Å². The van der Waals surface area contributed by atoms with E-state index in [0.29, 0.717) is 13.1 Å². The van der Waals surface area contributed by atoms with Crippen molar-refractivity contribution in [3.8, 4) is 5.75 Å². The van der Waals surface area contributed by atoms with E-state index in [9.17, 15) is 14.4 Å². The van der Waals surface area contributed by atoms with Crippen LogP contribution in [-0.2, 0) is 13.1 Å². The Bertz CT molecular complexity index is 1030. The number of likely N-dealkylation sites (N-methyl/N-ethyl adjacent to an activating group) is 1. The average molecular weight is 410 g/mol. The average Bonchev–Trinajstić information content (AvgIpc) is 2.75. The summed E-state index contributed by atoms with van der Waals surface area (Å²) in [5.74, 6) is -0.806. The molecule has 0 radical (unpaired) electrons. The minimum absolute atomic E-state index is 0.0284. The first-order valence-corrected chi connectivity index (χ1v) is 10.1. The SMILES string of the molecule is COc1c2n(cc(C(=O)NCc3ccccc3)c1=O)C[C@@H]1N(C)CC[C@@H](C)N1C2=O. The van der Waals surface area contributed by atoms with E-state index in [1.54, 1.807) is 4.57 Å². The number of nitrogens with one attached hydrogen (secondary N) is 1. The largest absolute Gasteiger partial charge is 0.491 e. The lowest BCUT2D eigenvalue weighted by atomic mass is 10.0. The molecule has 1 saturated heterocycles. The van der Waals surface area contributed by atoms with Gasteiger partial charge in [-0.2, -0.15) is 0 Å². The molecule has 1 aromatic carbocycles. The van der Waals surface area contributed by atoms with Crippen molar-refractivity contribution >= 4 is 11.8 Å². The molecule has 0 spiro atoms. The molecular formula is C22H26N4O4. The van der Waals surface area contributed by atoms with Crippen LogP contribution in [0.15, 0.2) is 41.3 Å². The summed E-state index contributed by atoms with van der Waals surface area (Å²) in [5.41, 5.74) is 0.540. The smallest absolute Gasteiger partial charge is 0.276 e. The lowest BCUT2D eigenvalue weighted by Crippen LogP contribution is -2.62. The molecule has 1 fully saturated rings. The first-order chi connectivity index (χ1) is 14.4. The van der Waals surface area contributed by atoms with Gasteiger partial charge in [0, 0.05) is 25.3 Å². The molecule has 2 aliphatic heterocycles. The van der Waals surface area contributed by atoms with Crippen LogP contribution in [-0.4, -0.2) is 59.1 Å². The van der Waals surface area contributed by atoms with Crippen molar-refractivity contribution in [1.82, 2.24) is 19.7 Å². The highest BCUT2D eigenvalue weighted by atomic mass is 16.5. The summed E-state index contributed by atoms with van der Waals surface area (Å²) in [6.07, 6.45) is 2.23. The van der Waals surface area contributed by atoms with Crippen LogP contribution in [0.5, 0.6) is 5.75 Å². The molecule has 0 unspecified atom stereocenters. The molecule has 4 rings (SSSR count). The van der Waals surface area contributed by atoms with Gasteiger partial charge in [0.2, 0.25) is 5.43 Å². The number of carbonyl (C=O) groups is 2. The van der Waals surface area contributed by atoms with Gasteiger partial charge in [-0.15, -0.1) is 0 Å². The van der Waals surface area contributed by atoms with Gasteiger partial charge in [-0.1, -0.05) is 30.3 Å². The Morgan fingerprint density at radius 3 is 2.67 bits per heavy atom. The molecule has 3 heterocycles. The van der Waals surface area contributed by atoms with E-state index in [0.717, 1.165) is 18.5 Å². The van der Waals surface area contributed by atoms with Crippen LogP contribution in [0.2, 0.25) is 0 Å². The fourth-order valence-corrected chi connectivity index (χ4v) is 4.27. The van der Waals surface area contributed by atoms with E-state index >= 15 is 0 Å². The third-order valence-electron chi connectivity index (χ3n) is 5.98. The third-order valence-corrected chi connectivity index (χ3v) is 5.98. The molecule has 2 aromatic rings. The molecule has 2 atom stereocenters. The number of hydrogen-bond acceptors (Lipinski definition) is 5. The highest BCUT2D eigenvalue weighted by Gasteiger charge is 2.42. The van der Waals surface area contributed by atoms with Crippen LogP contribution >= 0.6 is 0 Å². The number of benzene rings is 1. The zero-order valence-electron chi connectivity index (χ0n) is 17.4. The Kier molecular flexibility index (Phi) is 5.34. The Balaban J connectivity index is 1.70. The lowest BCUT2D eigenvalue weighted by molar-refractivity contribution is -0.0209. The van der Waals surface area contributed by atoms with Gasteiger partial charge in [0.15, 0.2) is 11.4 Å². The quantitative estimate of drug-likeness (QED) is 0.821. The number of amides is 2.